The van der Waals surface area contributed by atoms with E-state index in [1.165, 1.54) is 5.56 Å². The summed E-state index contributed by atoms with van der Waals surface area (Å²) in [7, 11) is 0. The number of rotatable bonds is 2. The molecule has 0 saturated heterocycles. The van der Waals surface area contributed by atoms with Crippen molar-refractivity contribution < 1.29 is 9.94 Å². The van der Waals surface area contributed by atoms with Crippen LogP contribution in [0.25, 0.3) is 6.08 Å². The number of nitrogens with zero attached hydrogens (tertiary/aromatic N) is 1. The Bertz CT molecular complexity index is 940. The van der Waals surface area contributed by atoms with E-state index in [0.29, 0.717) is 18.9 Å². The molecule has 3 aromatic rings. The lowest BCUT2D eigenvalue weighted by atomic mass is 9.79. The van der Waals surface area contributed by atoms with Crippen LogP contribution in [0.5, 0.6) is 0 Å². The maximum absolute atomic E-state index is 13.8. The molecule has 0 amide bonds. The summed E-state index contributed by atoms with van der Waals surface area (Å²) in [5.74, 6) is 0. The van der Waals surface area contributed by atoms with Crippen LogP contribution in [0.4, 0.5) is 5.69 Å². The van der Waals surface area contributed by atoms with Crippen LogP contribution in [0.1, 0.15) is 27.8 Å². The second-order valence-corrected chi connectivity index (χ2v) is 6.80. The Kier molecular flexibility index (Phi) is 3.45. The lowest BCUT2D eigenvalue weighted by Gasteiger charge is -2.41. The quantitative estimate of drug-likeness (QED) is 0.669. The highest BCUT2D eigenvalue weighted by Gasteiger charge is 2.42. The fraction of sp³-hybridized carbons (Fsp3) is 0.130. The van der Waals surface area contributed by atoms with E-state index in [1.54, 1.807) is 0 Å². The first kappa shape index (κ1) is 15.4. The molecule has 1 radical (unpaired) electrons. The fourth-order valence-corrected chi connectivity index (χ4v) is 3.99. The third-order valence-corrected chi connectivity index (χ3v) is 5.34. The summed E-state index contributed by atoms with van der Waals surface area (Å²) < 4.78 is 5.55. The summed E-state index contributed by atoms with van der Waals surface area (Å²) in [5.41, 5.74) is 4.97. The zero-order chi connectivity index (χ0) is 17.6. The van der Waals surface area contributed by atoms with Crippen LogP contribution in [0.2, 0.25) is 0 Å². The van der Waals surface area contributed by atoms with Crippen LogP contribution in [0, 0.1) is 0 Å². The van der Waals surface area contributed by atoms with Crippen molar-refractivity contribution in [2.24, 2.45) is 0 Å². The van der Waals surface area contributed by atoms with Crippen molar-refractivity contribution in [2.45, 2.75) is 18.8 Å². The molecule has 0 unspecified atom stereocenters. The minimum absolute atomic E-state index is 0.573. The lowest BCUT2D eigenvalue weighted by Crippen LogP contribution is -2.44. The topological polar surface area (TPSA) is 32.4 Å². The molecule has 26 heavy (non-hydrogen) atoms. The molecule has 0 aliphatic carbocycles. The Hall–Kier alpha value is -2.88. The van der Waals surface area contributed by atoms with Gasteiger partial charge in [-0.05, 0) is 40.5 Å². The van der Waals surface area contributed by atoms with E-state index >= 15 is 0 Å². The van der Waals surface area contributed by atoms with E-state index in [9.17, 15) is 5.21 Å². The largest absolute Gasteiger partial charge is 0.372 e. The van der Waals surface area contributed by atoms with Gasteiger partial charge in [-0.3, -0.25) is 0 Å². The molecule has 5 rings (SSSR count). The Balaban J connectivity index is 1.75. The highest BCUT2D eigenvalue weighted by Crippen LogP contribution is 2.45. The maximum Gasteiger partial charge on any atom is 0.139 e. The van der Waals surface area contributed by atoms with Gasteiger partial charge in [-0.25, -0.2) is 5.06 Å². The van der Waals surface area contributed by atoms with Gasteiger partial charge in [0.25, 0.3) is 0 Å². The summed E-state index contributed by atoms with van der Waals surface area (Å²) in [6, 6.07) is 24.0. The van der Waals surface area contributed by atoms with Crippen LogP contribution < -0.4 is 5.06 Å². The normalized spacial score (nSPS) is 17.0. The number of hydrogen-bond donors (Lipinski definition) is 0. The number of ether oxygens (including phenoxy) is 1. The van der Waals surface area contributed by atoms with Gasteiger partial charge < -0.3 is 4.74 Å². The van der Waals surface area contributed by atoms with Gasteiger partial charge in [-0.2, -0.15) is 0 Å². The van der Waals surface area contributed by atoms with Crippen LogP contribution in [0.3, 0.4) is 0 Å². The predicted molar refractivity (Wildman–Crippen MR) is 101 cm³/mol. The molecule has 3 aromatic carbocycles. The minimum atomic E-state index is -0.872. The number of hydrogen-bond acceptors (Lipinski definition) is 2. The van der Waals surface area contributed by atoms with Crippen molar-refractivity contribution >= 4 is 11.8 Å². The smallest absolute Gasteiger partial charge is 0.139 e. The van der Waals surface area contributed by atoms with Gasteiger partial charge in [0.05, 0.1) is 18.9 Å². The van der Waals surface area contributed by atoms with Crippen molar-refractivity contribution in [1.82, 2.24) is 0 Å². The monoisotopic (exact) mass is 340 g/mol. The van der Waals surface area contributed by atoms with Gasteiger partial charge >= 0.3 is 0 Å². The van der Waals surface area contributed by atoms with E-state index < -0.39 is 5.54 Å². The van der Waals surface area contributed by atoms with Crippen LogP contribution >= 0.6 is 0 Å². The van der Waals surface area contributed by atoms with E-state index in [2.05, 4.69) is 12.1 Å². The van der Waals surface area contributed by atoms with Crippen molar-refractivity contribution in [1.29, 1.82) is 0 Å². The molecule has 2 heterocycles. The van der Waals surface area contributed by atoms with Crippen molar-refractivity contribution in [3.63, 3.8) is 0 Å². The van der Waals surface area contributed by atoms with E-state index in [4.69, 9.17) is 4.74 Å². The Morgan fingerprint density at radius 1 is 0.808 bits per heavy atom. The third kappa shape index (κ3) is 2.15. The van der Waals surface area contributed by atoms with E-state index in [0.717, 1.165) is 27.3 Å². The summed E-state index contributed by atoms with van der Waals surface area (Å²) >= 11 is 0. The second kappa shape index (κ2) is 5.84. The SMILES string of the molecule is [O]N1c2cc3c(cc2C=CC1(c1ccccc1)c1ccccc1)COC3. The van der Waals surface area contributed by atoms with Crippen molar-refractivity contribution in [3.05, 3.63) is 107 Å². The summed E-state index contributed by atoms with van der Waals surface area (Å²) in [5, 5.41) is 14.9. The van der Waals surface area contributed by atoms with Gasteiger partial charge in [0.1, 0.15) is 5.54 Å². The maximum atomic E-state index is 13.8. The summed E-state index contributed by atoms with van der Waals surface area (Å²) in [4.78, 5) is 0. The molecular weight excluding hydrogens is 322 g/mol. The Morgan fingerprint density at radius 3 is 2.00 bits per heavy atom. The van der Waals surface area contributed by atoms with Crippen LogP contribution in [0.15, 0.2) is 78.9 Å². The minimum Gasteiger partial charge on any atom is -0.372 e. The third-order valence-electron chi connectivity index (χ3n) is 5.34. The zero-order valence-electron chi connectivity index (χ0n) is 14.3. The van der Waals surface area contributed by atoms with Crippen molar-refractivity contribution in [3.8, 4) is 0 Å². The summed E-state index contributed by atoms with van der Waals surface area (Å²) in [6.45, 7) is 1.20. The number of anilines is 1. The first-order valence-corrected chi connectivity index (χ1v) is 8.80. The highest BCUT2D eigenvalue weighted by molar-refractivity contribution is 5.77. The summed E-state index contributed by atoms with van der Waals surface area (Å²) in [6.07, 6.45) is 4.09. The van der Waals surface area contributed by atoms with Gasteiger partial charge in [-0.15, -0.1) is 0 Å². The van der Waals surface area contributed by atoms with Gasteiger partial charge in [0.15, 0.2) is 0 Å². The molecule has 0 fully saturated rings. The number of benzene rings is 3. The molecule has 2 aliphatic heterocycles. The standard InChI is InChI=1S/C23H18NO2/c25-24-22-14-19-16-26-15-18(19)13-17(22)11-12-23(24,20-7-3-1-4-8-20)21-9-5-2-6-10-21/h1-14H,15-16H2. The molecule has 0 spiro atoms. The average Bonchev–Trinajstić information content (AvgIpc) is 3.16. The number of fused-ring (bicyclic) bond motifs is 2. The van der Waals surface area contributed by atoms with Crippen molar-refractivity contribution in [2.75, 3.05) is 5.06 Å². The van der Waals surface area contributed by atoms with E-state index in [1.807, 2.05) is 72.8 Å². The molecule has 3 heteroatoms. The first-order chi connectivity index (χ1) is 12.8. The molecule has 127 valence electrons. The molecule has 3 nitrogen and oxygen atoms in total. The van der Waals surface area contributed by atoms with Gasteiger partial charge in [0.2, 0.25) is 0 Å². The number of hydroxylamine groups is 1. The average molecular weight is 340 g/mol. The van der Waals surface area contributed by atoms with Crippen LogP contribution in [-0.4, -0.2) is 0 Å². The second-order valence-electron chi connectivity index (χ2n) is 6.80. The molecule has 0 saturated carbocycles. The van der Waals surface area contributed by atoms with Gasteiger partial charge in [-0.1, -0.05) is 71.9 Å². The molecule has 0 N–H and O–H groups in total. The Labute approximate surface area is 152 Å². The predicted octanol–water partition coefficient (Wildman–Crippen LogP) is 4.84. The molecule has 0 atom stereocenters. The molecule has 2 aliphatic rings. The molecule has 0 bridgehead atoms. The fourth-order valence-electron chi connectivity index (χ4n) is 3.99. The first-order valence-electron chi connectivity index (χ1n) is 8.80. The van der Waals surface area contributed by atoms with Gasteiger partial charge in [0, 0.05) is 5.56 Å². The van der Waals surface area contributed by atoms with E-state index in [-0.39, 0.29) is 0 Å². The Morgan fingerprint density at radius 2 is 1.38 bits per heavy atom. The van der Waals surface area contributed by atoms with Crippen LogP contribution in [-0.2, 0) is 28.7 Å². The molecule has 0 aromatic heterocycles. The lowest BCUT2D eigenvalue weighted by molar-refractivity contribution is 0.113. The zero-order valence-corrected chi connectivity index (χ0v) is 14.3. The highest BCUT2D eigenvalue weighted by atomic mass is 16.5. The molecular formula is C23H18NO2.